The summed E-state index contributed by atoms with van der Waals surface area (Å²) in [6, 6.07) is 4.86. The van der Waals surface area contributed by atoms with Crippen LogP contribution < -0.4 is 20.1 Å². The van der Waals surface area contributed by atoms with Gasteiger partial charge >= 0.3 is 6.03 Å². The number of carbonyl (C=O) groups excluding carboxylic acids is 1. The summed E-state index contributed by atoms with van der Waals surface area (Å²) < 4.78 is 10.4. The lowest BCUT2D eigenvalue weighted by Gasteiger charge is -2.06. The highest BCUT2D eigenvalue weighted by molar-refractivity contribution is 7.13. The highest BCUT2D eigenvalue weighted by atomic mass is 32.1. The Morgan fingerprint density at radius 2 is 2.17 bits per heavy atom. The molecule has 0 radical (unpaired) electrons. The molecule has 1 aliphatic heterocycles. The van der Waals surface area contributed by atoms with Crippen LogP contribution in [0.25, 0.3) is 0 Å². The SMILES string of the molecule is O=C(Nc1ccc2c(c1)OCO2)Nc1nccs1. The number of urea groups is 1. The lowest BCUT2D eigenvalue weighted by atomic mass is 10.3. The van der Waals surface area contributed by atoms with Gasteiger partial charge in [0.1, 0.15) is 0 Å². The Bertz CT molecular complexity index is 571. The van der Waals surface area contributed by atoms with Gasteiger partial charge in [0.15, 0.2) is 16.6 Å². The second kappa shape index (κ2) is 4.53. The van der Waals surface area contributed by atoms with Gasteiger partial charge in [-0.05, 0) is 12.1 Å². The standard InChI is InChI=1S/C11H9N3O3S/c15-10(14-11-12-3-4-18-11)13-7-1-2-8-9(5-7)17-6-16-8/h1-5H,6H2,(H2,12,13,14,15). The molecular formula is C11H9N3O3S. The zero-order chi connectivity index (χ0) is 12.4. The topological polar surface area (TPSA) is 72.5 Å². The van der Waals surface area contributed by atoms with Gasteiger partial charge in [0.05, 0.1) is 0 Å². The average Bonchev–Trinajstić information content (AvgIpc) is 2.98. The van der Waals surface area contributed by atoms with E-state index in [1.165, 1.54) is 11.3 Å². The van der Waals surface area contributed by atoms with Crippen molar-refractivity contribution in [2.45, 2.75) is 0 Å². The van der Waals surface area contributed by atoms with Gasteiger partial charge in [0.2, 0.25) is 6.79 Å². The first kappa shape index (κ1) is 10.8. The summed E-state index contributed by atoms with van der Waals surface area (Å²) in [6.45, 7) is 0.212. The first-order valence-corrected chi connectivity index (χ1v) is 6.06. The zero-order valence-electron chi connectivity index (χ0n) is 9.17. The van der Waals surface area contributed by atoms with Crippen molar-refractivity contribution in [2.24, 2.45) is 0 Å². The molecule has 0 bridgehead atoms. The second-order valence-electron chi connectivity index (χ2n) is 3.48. The molecule has 0 fully saturated rings. The number of hydrogen-bond donors (Lipinski definition) is 2. The molecule has 2 heterocycles. The number of rotatable bonds is 2. The largest absolute Gasteiger partial charge is 0.454 e. The molecule has 2 aromatic rings. The Kier molecular flexibility index (Phi) is 2.73. The summed E-state index contributed by atoms with van der Waals surface area (Å²) in [5.74, 6) is 1.31. The lowest BCUT2D eigenvalue weighted by molar-refractivity contribution is 0.174. The molecule has 0 saturated carbocycles. The molecule has 2 N–H and O–H groups in total. The van der Waals surface area contributed by atoms with E-state index >= 15 is 0 Å². The Hall–Kier alpha value is -2.28. The van der Waals surface area contributed by atoms with Crippen LogP contribution in [0.5, 0.6) is 11.5 Å². The quantitative estimate of drug-likeness (QED) is 0.873. The van der Waals surface area contributed by atoms with Crippen LogP contribution >= 0.6 is 11.3 Å². The van der Waals surface area contributed by atoms with Crippen LogP contribution in [0.2, 0.25) is 0 Å². The molecule has 18 heavy (non-hydrogen) atoms. The molecule has 1 aromatic heterocycles. The highest BCUT2D eigenvalue weighted by Crippen LogP contribution is 2.34. The summed E-state index contributed by atoms with van der Waals surface area (Å²) in [4.78, 5) is 15.6. The second-order valence-corrected chi connectivity index (χ2v) is 4.38. The lowest BCUT2D eigenvalue weighted by Crippen LogP contribution is -2.19. The minimum Gasteiger partial charge on any atom is -0.454 e. The predicted molar refractivity (Wildman–Crippen MR) is 67.3 cm³/mol. The van der Waals surface area contributed by atoms with Crippen LogP contribution in [-0.2, 0) is 0 Å². The summed E-state index contributed by atoms with van der Waals surface area (Å²) in [7, 11) is 0. The van der Waals surface area contributed by atoms with E-state index in [2.05, 4.69) is 15.6 Å². The van der Waals surface area contributed by atoms with Gasteiger partial charge in [-0.15, -0.1) is 11.3 Å². The van der Waals surface area contributed by atoms with Gasteiger partial charge in [0, 0.05) is 23.3 Å². The third-order valence-electron chi connectivity index (χ3n) is 2.28. The first-order valence-electron chi connectivity index (χ1n) is 5.18. The number of ether oxygens (including phenoxy) is 2. The maximum Gasteiger partial charge on any atom is 0.325 e. The molecule has 0 atom stereocenters. The average molecular weight is 263 g/mol. The number of benzene rings is 1. The Balaban J connectivity index is 1.67. The van der Waals surface area contributed by atoms with Gasteiger partial charge in [-0.2, -0.15) is 0 Å². The maximum atomic E-state index is 11.7. The molecule has 0 saturated heterocycles. The minimum atomic E-state index is -0.344. The Morgan fingerprint density at radius 1 is 1.28 bits per heavy atom. The van der Waals surface area contributed by atoms with Crippen LogP contribution in [0, 0.1) is 0 Å². The molecule has 0 spiro atoms. The van der Waals surface area contributed by atoms with Gasteiger partial charge in [0.25, 0.3) is 0 Å². The smallest absolute Gasteiger partial charge is 0.325 e. The van der Waals surface area contributed by atoms with Crippen molar-refractivity contribution in [3.8, 4) is 11.5 Å². The van der Waals surface area contributed by atoms with E-state index in [1.807, 2.05) is 0 Å². The molecule has 3 rings (SSSR count). The van der Waals surface area contributed by atoms with E-state index in [9.17, 15) is 4.79 Å². The molecule has 0 unspecified atom stereocenters. The van der Waals surface area contributed by atoms with Crippen molar-refractivity contribution < 1.29 is 14.3 Å². The Labute approximate surface area is 107 Å². The van der Waals surface area contributed by atoms with E-state index in [1.54, 1.807) is 29.8 Å². The molecule has 6 nitrogen and oxygen atoms in total. The molecule has 92 valence electrons. The van der Waals surface area contributed by atoms with Gasteiger partial charge < -0.3 is 14.8 Å². The molecule has 0 aliphatic carbocycles. The number of carbonyl (C=O) groups is 1. The number of thiazole rings is 1. The predicted octanol–water partition coefficient (Wildman–Crippen LogP) is 2.52. The van der Waals surface area contributed by atoms with Crippen LogP contribution in [-0.4, -0.2) is 17.8 Å². The molecule has 2 amide bonds. The van der Waals surface area contributed by atoms with Gasteiger partial charge in [-0.1, -0.05) is 0 Å². The van der Waals surface area contributed by atoms with E-state index in [4.69, 9.17) is 9.47 Å². The zero-order valence-corrected chi connectivity index (χ0v) is 9.99. The van der Waals surface area contributed by atoms with Crippen LogP contribution in [0.3, 0.4) is 0 Å². The summed E-state index contributed by atoms with van der Waals surface area (Å²) in [5.41, 5.74) is 0.633. The van der Waals surface area contributed by atoms with Crippen LogP contribution in [0.15, 0.2) is 29.8 Å². The molecule has 1 aromatic carbocycles. The monoisotopic (exact) mass is 263 g/mol. The third-order valence-corrected chi connectivity index (χ3v) is 2.97. The summed E-state index contributed by atoms with van der Waals surface area (Å²) >= 11 is 1.35. The van der Waals surface area contributed by atoms with Gasteiger partial charge in [-0.25, -0.2) is 9.78 Å². The number of amides is 2. The molecule has 1 aliphatic rings. The Morgan fingerprint density at radius 3 is 3.00 bits per heavy atom. The minimum absolute atomic E-state index is 0.212. The van der Waals surface area contributed by atoms with Crippen molar-refractivity contribution in [3.05, 3.63) is 29.8 Å². The van der Waals surface area contributed by atoms with Crippen molar-refractivity contribution in [1.29, 1.82) is 0 Å². The third kappa shape index (κ3) is 2.21. The summed E-state index contributed by atoms with van der Waals surface area (Å²) in [6.07, 6.45) is 1.63. The van der Waals surface area contributed by atoms with E-state index in [0.29, 0.717) is 22.3 Å². The van der Waals surface area contributed by atoms with Crippen molar-refractivity contribution in [1.82, 2.24) is 4.98 Å². The fourth-order valence-corrected chi connectivity index (χ4v) is 2.04. The van der Waals surface area contributed by atoms with Crippen LogP contribution in [0.4, 0.5) is 15.6 Å². The normalized spacial score (nSPS) is 12.2. The highest BCUT2D eigenvalue weighted by Gasteiger charge is 2.14. The number of nitrogens with one attached hydrogen (secondary N) is 2. The van der Waals surface area contributed by atoms with Crippen LogP contribution in [0.1, 0.15) is 0 Å². The number of fused-ring (bicyclic) bond motifs is 1. The first-order chi connectivity index (χ1) is 8.81. The fraction of sp³-hybridized carbons (Fsp3) is 0.0909. The number of nitrogens with zero attached hydrogens (tertiary/aromatic N) is 1. The number of anilines is 2. The maximum absolute atomic E-state index is 11.7. The number of aromatic nitrogens is 1. The molecular weight excluding hydrogens is 254 g/mol. The van der Waals surface area contributed by atoms with E-state index in [0.717, 1.165) is 0 Å². The molecule has 7 heteroatoms. The van der Waals surface area contributed by atoms with E-state index in [-0.39, 0.29) is 12.8 Å². The van der Waals surface area contributed by atoms with Gasteiger partial charge in [-0.3, -0.25) is 5.32 Å². The fourth-order valence-electron chi connectivity index (χ4n) is 1.52. The van der Waals surface area contributed by atoms with Crippen molar-refractivity contribution in [2.75, 3.05) is 17.4 Å². The number of hydrogen-bond acceptors (Lipinski definition) is 5. The summed E-state index contributed by atoms with van der Waals surface area (Å²) in [5, 5.41) is 7.65. The van der Waals surface area contributed by atoms with Crippen molar-refractivity contribution >= 4 is 28.2 Å². The van der Waals surface area contributed by atoms with Crippen molar-refractivity contribution in [3.63, 3.8) is 0 Å². The van der Waals surface area contributed by atoms with E-state index < -0.39 is 0 Å².